The van der Waals surface area contributed by atoms with Crippen molar-refractivity contribution in [2.45, 2.75) is 6.54 Å². The molecule has 0 unspecified atom stereocenters. The summed E-state index contributed by atoms with van der Waals surface area (Å²) in [6.07, 6.45) is 1.56. The highest BCUT2D eigenvalue weighted by Crippen LogP contribution is 2.28. The molecule has 0 atom stereocenters. The van der Waals surface area contributed by atoms with Gasteiger partial charge in [0.1, 0.15) is 5.82 Å². The van der Waals surface area contributed by atoms with Crippen molar-refractivity contribution in [3.8, 4) is 22.8 Å². The van der Waals surface area contributed by atoms with Crippen LogP contribution in [-0.4, -0.2) is 36.4 Å². The van der Waals surface area contributed by atoms with Gasteiger partial charge in [0, 0.05) is 19.2 Å². The van der Waals surface area contributed by atoms with Gasteiger partial charge in [-0.15, -0.1) is 5.10 Å². The van der Waals surface area contributed by atoms with Crippen molar-refractivity contribution in [1.82, 2.24) is 15.2 Å². The molecule has 134 valence electrons. The first-order valence-electron chi connectivity index (χ1n) is 7.98. The molecule has 0 aliphatic carbocycles. The molecule has 0 fully saturated rings. The summed E-state index contributed by atoms with van der Waals surface area (Å²) in [6, 6.07) is 11.8. The van der Waals surface area contributed by atoms with Crippen molar-refractivity contribution in [1.29, 1.82) is 0 Å². The second-order valence-corrected chi connectivity index (χ2v) is 5.69. The monoisotopic (exact) mass is 354 g/mol. The molecular formula is C19H19FN4O2. The molecule has 0 radical (unpaired) electrons. The number of ether oxygens (including phenoxy) is 2. The van der Waals surface area contributed by atoms with E-state index in [2.05, 4.69) is 15.2 Å². The zero-order valence-electron chi connectivity index (χ0n) is 14.8. The second kappa shape index (κ2) is 7.77. The smallest absolute Gasteiger partial charge is 0.245 e. The minimum Gasteiger partial charge on any atom is -0.493 e. The average Bonchev–Trinajstić information content (AvgIpc) is 2.68. The summed E-state index contributed by atoms with van der Waals surface area (Å²) in [7, 11) is 5.08. The second-order valence-electron chi connectivity index (χ2n) is 5.69. The van der Waals surface area contributed by atoms with Crippen LogP contribution in [0.4, 0.5) is 10.3 Å². The Morgan fingerprint density at radius 3 is 2.42 bits per heavy atom. The fourth-order valence-electron chi connectivity index (χ4n) is 2.54. The van der Waals surface area contributed by atoms with Gasteiger partial charge in [-0.1, -0.05) is 6.07 Å². The SMILES string of the molecule is COc1ccc(CN(C)c2nncc(-c3ccc(F)cc3)n2)cc1OC. The van der Waals surface area contributed by atoms with Crippen LogP contribution in [0.25, 0.3) is 11.3 Å². The first kappa shape index (κ1) is 17.6. The van der Waals surface area contributed by atoms with Crippen molar-refractivity contribution < 1.29 is 13.9 Å². The van der Waals surface area contributed by atoms with Crippen LogP contribution in [0.2, 0.25) is 0 Å². The number of anilines is 1. The number of hydrogen-bond acceptors (Lipinski definition) is 6. The van der Waals surface area contributed by atoms with Crippen LogP contribution in [0.1, 0.15) is 5.56 Å². The Hall–Kier alpha value is -3.22. The predicted octanol–water partition coefficient (Wildman–Crippen LogP) is 3.33. The number of aromatic nitrogens is 3. The normalized spacial score (nSPS) is 10.5. The molecule has 0 N–H and O–H groups in total. The third-order valence-corrected chi connectivity index (χ3v) is 3.90. The zero-order chi connectivity index (χ0) is 18.5. The highest BCUT2D eigenvalue weighted by atomic mass is 19.1. The van der Waals surface area contributed by atoms with Gasteiger partial charge >= 0.3 is 0 Å². The molecule has 0 bridgehead atoms. The minimum absolute atomic E-state index is 0.290. The van der Waals surface area contributed by atoms with Gasteiger partial charge in [0.05, 0.1) is 26.1 Å². The van der Waals surface area contributed by atoms with E-state index in [-0.39, 0.29) is 5.82 Å². The summed E-state index contributed by atoms with van der Waals surface area (Å²) in [5.41, 5.74) is 2.43. The Bertz CT molecular complexity index is 887. The lowest BCUT2D eigenvalue weighted by molar-refractivity contribution is 0.354. The van der Waals surface area contributed by atoms with E-state index in [0.29, 0.717) is 29.7 Å². The van der Waals surface area contributed by atoms with E-state index in [1.807, 2.05) is 30.1 Å². The van der Waals surface area contributed by atoms with Gasteiger partial charge in [0.25, 0.3) is 0 Å². The van der Waals surface area contributed by atoms with Crippen LogP contribution in [0.5, 0.6) is 11.5 Å². The number of hydrogen-bond donors (Lipinski definition) is 0. The maximum absolute atomic E-state index is 13.1. The van der Waals surface area contributed by atoms with E-state index < -0.39 is 0 Å². The molecule has 26 heavy (non-hydrogen) atoms. The highest BCUT2D eigenvalue weighted by Gasteiger charge is 2.11. The molecule has 0 saturated heterocycles. The summed E-state index contributed by atoms with van der Waals surface area (Å²) < 4.78 is 23.7. The maximum atomic E-state index is 13.1. The Labute approximate surface area is 151 Å². The molecular weight excluding hydrogens is 335 g/mol. The van der Waals surface area contributed by atoms with E-state index in [1.165, 1.54) is 12.1 Å². The summed E-state index contributed by atoms with van der Waals surface area (Å²) in [6.45, 7) is 0.564. The Morgan fingerprint density at radius 2 is 1.73 bits per heavy atom. The molecule has 1 aromatic heterocycles. The molecule has 2 aromatic carbocycles. The lowest BCUT2D eigenvalue weighted by atomic mass is 10.1. The van der Waals surface area contributed by atoms with Crippen LogP contribution < -0.4 is 14.4 Å². The van der Waals surface area contributed by atoms with E-state index in [9.17, 15) is 4.39 Å². The third kappa shape index (κ3) is 3.88. The summed E-state index contributed by atoms with van der Waals surface area (Å²) >= 11 is 0. The zero-order valence-corrected chi connectivity index (χ0v) is 14.8. The standard InChI is InChI=1S/C19H19FN4O2/c1-24(12-13-4-9-17(25-2)18(10-13)26-3)19-22-16(11-21-23-19)14-5-7-15(20)8-6-14/h4-11H,12H2,1-3H3. The van der Waals surface area contributed by atoms with Crippen LogP contribution in [0, 0.1) is 5.82 Å². The molecule has 0 aliphatic rings. The molecule has 6 nitrogen and oxygen atoms in total. The van der Waals surface area contributed by atoms with Crippen molar-refractivity contribution in [2.75, 3.05) is 26.2 Å². The number of benzene rings is 2. The quantitative estimate of drug-likeness (QED) is 0.677. The summed E-state index contributed by atoms with van der Waals surface area (Å²) in [5, 5.41) is 8.10. The molecule has 3 aromatic rings. The molecule has 0 amide bonds. The fraction of sp³-hybridized carbons (Fsp3) is 0.211. The fourth-order valence-corrected chi connectivity index (χ4v) is 2.54. The van der Waals surface area contributed by atoms with Gasteiger partial charge in [-0.05, 0) is 42.0 Å². The van der Waals surface area contributed by atoms with Gasteiger partial charge < -0.3 is 14.4 Å². The van der Waals surface area contributed by atoms with E-state index >= 15 is 0 Å². The lowest BCUT2D eigenvalue weighted by Crippen LogP contribution is -2.19. The predicted molar refractivity (Wildman–Crippen MR) is 96.9 cm³/mol. The van der Waals surface area contributed by atoms with Crippen LogP contribution in [0.15, 0.2) is 48.7 Å². The van der Waals surface area contributed by atoms with Crippen molar-refractivity contribution in [2.24, 2.45) is 0 Å². The molecule has 1 heterocycles. The van der Waals surface area contributed by atoms with Crippen molar-refractivity contribution >= 4 is 5.95 Å². The molecule has 0 spiro atoms. The van der Waals surface area contributed by atoms with E-state index in [1.54, 1.807) is 32.5 Å². The molecule has 7 heteroatoms. The van der Waals surface area contributed by atoms with Crippen LogP contribution >= 0.6 is 0 Å². The van der Waals surface area contributed by atoms with Crippen LogP contribution in [-0.2, 0) is 6.54 Å². The van der Waals surface area contributed by atoms with Crippen molar-refractivity contribution in [3.05, 3.63) is 60.0 Å². The topological polar surface area (TPSA) is 60.4 Å². The first-order valence-corrected chi connectivity index (χ1v) is 7.98. The van der Waals surface area contributed by atoms with Gasteiger partial charge in [-0.3, -0.25) is 0 Å². The Morgan fingerprint density at radius 1 is 1.00 bits per heavy atom. The summed E-state index contributed by atoms with van der Waals surface area (Å²) in [4.78, 5) is 6.40. The number of nitrogens with zero attached hydrogens (tertiary/aromatic N) is 4. The Kier molecular flexibility index (Phi) is 5.26. The number of methoxy groups -OCH3 is 2. The van der Waals surface area contributed by atoms with Gasteiger partial charge in [-0.25, -0.2) is 9.37 Å². The third-order valence-electron chi connectivity index (χ3n) is 3.90. The number of rotatable bonds is 6. The Balaban J connectivity index is 1.81. The molecule has 0 saturated carbocycles. The molecule has 3 rings (SSSR count). The summed E-state index contributed by atoms with van der Waals surface area (Å²) in [5.74, 6) is 1.52. The lowest BCUT2D eigenvalue weighted by Gasteiger charge is -2.18. The molecule has 0 aliphatic heterocycles. The highest BCUT2D eigenvalue weighted by molar-refractivity contribution is 5.59. The maximum Gasteiger partial charge on any atom is 0.245 e. The first-order chi connectivity index (χ1) is 12.6. The van der Waals surface area contributed by atoms with E-state index in [0.717, 1.165) is 11.1 Å². The average molecular weight is 354 g/mol. The van der Waals surface area contributed by atoms with Crippen molar-refractivity contribution in [3.63, 3.8) is 0 Å². The van der Waals surface area contributed by atoms with Crippen LogP contribution in [0.3, 0.4) is 0 Å². The van der Waals surface area contributed by atoms with Gasteiger partial charge in [0.2, 0.25) is 5.95 Å². The largest absolute Gasteiger partial charge is 0.493 e. The van der Waals surface area contributed by atoms with Gasteiger partial charge in [0.15, 0.2) is 11.5 Å². The minimum atomic E-state index is -0.290. The number of halogens is 1. The van der Waals surface area contributed by atoms with Gasteiger partial charge in [-0.2, -0.15) is 5.10 Å². The van der Waals surface area contributed by atoms with E-state index in [4.69, 9.17) is 9.47 Å².